The second-order valence-electron chi connectivity index (χ2n) is 6.93. The van der Waals surface area contributed by atoms with Crippen molar-refractivity contribution in [3.8, 4) is 23.0 Å². The molecule has 0 aliphatic rings. The van der Waals surface area contributed by atoms with Crippen LogP contribution in [0.15, 0.2) is 35.7 Å². The van der Waals surface area contributed by atoms with Crippen molar-refractivity contribution < 1.29 is 37.5 Å². The third kappa shape index (κ3) is 7.51. The summed E-state index contributed by atoms with van der Waals surface area (Å²) < 4.78 is 38.7. The molecule has 1 N–H and O–H groups in total. The molecular weight excluding hydrogens is 462 g/mol. The van der Waals surface area contributed by atoms with E-state index in [0.29, 0.717) is 34.2 Å². The zero-order chi connectivity index (χ0) is 25.1. The summed E-state index contributed by atoms with van der Waals surface area (Å²) in [7, 11) is 5.97. The second-order valence-corrected chi connectivity index (χ2v) is 8.25. The van der Waals surface area contributed by atoms with Crippen molar-refractivity contribution in [2.75, 3.05) is 40.9 Å². The molecule has 0 spiro atoms. The van der Waals surface area contributed by atoms with Crippen molar-refractivity contribution in [3.05, 3.63) is 46.9 Å². The first-order chi connectivity index (χ1) is 16.3. The van der Waals surface area contributed by atoms with Crippen LogP contribution in [-0.2, 0) is 30.9 Å². The van der Waals surface area contributed by atoms with E-state index in [-0.39, 0.29) is 24.5 Å². The van der Waals surface area contributed by atoms with Crippen LogP contribution in [-0.4, -0.2) is 51.6 Å². The van der Waals surface area contributed by atoms with Crippen LogP contribution in [0.25, 0.3) is 6.08 Å². The molecular formula is C24H29NO8S. The number of methoxy groups -OCH3 is 5. The maximum absolute atomic E-state index is 12.8. The predicted octanol–water partition coefficient (Wildman–Crippen LogP) is 3.53. The van der Waals surface area contributed by atoms with Gasteiger partial charge in [-0.2, -0.15) is 0 Å². The number of rotatable bonds is 12. The molecule has 0 fully saturated rings. The molecule has 0 aliphatic heterocycles. The summed E-state index contributed by atoms with van der Waals surface area (Å²) in [6.07, 6.45) is 1.62. The Labute approximate surface area is 201 Å². The largest absolute Gasteiger partial charge is 0.496 e. The lowest BCUT2D eigenvalue weighted by Gasteiger charge is -2.13. The summed E-state index contributed by atoms with van der Waals surface area (Å²) in [5.74, 6) is 1.43. The first-order valence-corrected chi connectivity index (χ1v) is 11.6. The van der Waals surface area contributed by atoms with E-state index in [1.165, 1.54) is 28.4 Å². The summed E-state index contributed by atoms with van der Waals surface area (Å²) in [6, 6.07) is 8.56. The van der Waals surface area contributed by atoms with Crippen molar-refractivity contribution in [1.29, 1.82) is 0 Å². The fraction of sp³-hybridized carbons (Fsp3) is 0.333. The molecule has 9 nitrogen and oxygen atoms in total. The molecule has 34 heavy (non-hydrogen) atoms. The van der Waals surface area contributed by atoms with Gasteiger partial charge in [-0.15, -0.1) is 0 Å². The number of ether oxygens (including phenoxy) is 5. The van der Waals surface area contributed by atoms with E-state index in [0.717, 1.165) is 5.56 Å². The van der Waals surface area contributed by atoms with Gasteiger partial charge in [0.1, 0.15) is 23.0 Å². The van der Waals surface area contributed by atoms with Crippen LogP contribution in [0.3, 0.4) is 0 Å². The lowest BCUT2D eigenvalue weighted by Crippen LogP contribution is -2.14. The van der Waals surface area contributed by atoms with Gasteiger partial charge in [-0.25, -0.2) is 0 Å². The fourth-order valence-corrected chi connectivity index (χ4v) is 3.92. The van der Waals surface area contributed by atoms with Crippen LogP contribution < -0.4 is 24.3 Å². The highest BCUT2D eigenvalue weighted by Crippen LogP contribution is 2.35. The average molecular weight is 492 g/mol. The monoisotopic (exact) mass is 491 g/mol. The normalized spacial score (nSPS) is 11.6. The number of amides is 1. The first-order valence-electron chi connectivity index (χ1n) is 10.2. The topological polar surface area (TPSA) is 109 Å². The Hall–Kier alpha value is -3.53. The smallest absolute Gasteiger partial charge is 0.306 e. The van der Waals surface area contributed by atoms with Crippen LogP contribution in [0.4, 0.5) is 5.69 Å². The molecule has 0 heterocycles. The minimum absolute atomic E-state index is 0.0275. The molecule has 1 atom stereocenters. The average Bonchev–Trinajstić information content (AvgIpc) is 2.85. The molecule has 2 aromatic carbocycles. The van der Waals surface area contributed by atoms with Crippen LogP contribution in [0, 0.1) is 0 Å². The summed E-state index contributed by atoms with van der Waals surface area (Å²) in [5, 5.41) is 4.27. The highest BCUT2D eigenvalue weighted by molar-refractivity contribution is 7.87. The summed E-state index contributed by atoms with van der Waals surface area (Å²) in [4.78, 5) is 23.4. The lowest BCUT2D eigenvalue weighted by atomic mass is 10.1. The SMILES string of the molecule is COC(=O)CCC(=O)Nc1cc(CS(=O)/C=C/c2c(OC)cc(OC)cc2OC)ccc1OC. The number of nitrogens with one attached hydrogen (secondary N) is 1. The Morgan fingerprint density at radius 3 is 2.09 bits per heavy atom. The van der Waals surface area contributed by atoms with Gasteiger partial charge in [0.05, 0.1) is 69.8 Å². The molecule has 0 bridgehead atoms. The van der Waals surface area contributed by atoms with E-state index in [1.807, 2.05) is 0 Å². The molecule has 10 heteroatoms. The van der Waals surface area contributed by atoms with Crippen LogP contribution in [0.2, 0.25) is 0 Å². The molecule has 0 saturated heterocycles. The minimum atomic E-state index is -1.38. The summed E-state index contributed by atoms with van der Waals surface area (Å²) >= 11 is 0. The van der Waals surface area contributed by atoms with Gasteiger partial charge in [0.25, 0.3) is 0 Å². The zero-order valence-corrected chi connectivity index (χ0v) is 20.7. The van der Waals surface area contributed by atoms with E-state index >= 15 is 0 Å². The van der Waals surface area contributed by atoms with E-state index in [2.05, 4.69) is 10.1 Å². The van der Waals surface area contributed by atoms with Gasteiger partial charge in [0, 0.05) is 24.0 Å². The molecule has 0 aliphatic carbocycles. The number of carbonyl (C=O) groups excluding carboxylic acids is 2. The molecule has 2 aromatic rings. The molecule has 0 aromatic heterocycles. The van der Waals surface area contributed by atoms with Gasteiger partial charge >= 0.3 is 5.97 Å². The van der Waals surface area contributed by atoms with Gasteiger partial charge in [-0.1, -0.05) is 6.07 Å². The van der Waals surface area contributed by atoms with Gasteiger partial charge in [-0.05, 0) is 23.8 Å². The molecule has 184 valence electrons. The number of carbonyl (C=O) groups is 2. The summed E-state index contributed by atoms with van der Waals surface area (Å²) in [6.45, 7) is 0. The Morgan fingerprint density at radius 2 is 1.53 bits per heavy atom. The summed E-state index contributed by atoms with van der Waals surface area (Å²) in [5.41, 5.74) is 1.78. The Morgan fingerprint density at radius 1 is 0.882 bits per heavy atom. The lowest BCUT2D eigenvalue weighted by molar-refractivity contribution is -0.141. The van der Waals surface area contributed by atoms with Gasteiger partial charge in [-0.3, -0.25) is 13.8 Å². The van der Waals surface area contributed by atoms with Crippen molar-refractivity contribution in [2.45, 2.75) is 18.6 Å². The molecule has 0 saturated carbocycles. The van der Waals surface area contributed by atoms with Crippen molar-refractivity contribution in [3.63, 3.8) is 0 Å². The number of hydrogen-bond acceptors (Lipinski definition) is 8. The van der Waals surface area contributed by atoms with Gasteiger partial charge < -0.3 is 29.0 Å². The highest BCUT2D eigenvalue weighted by Gasteiger charge is 2.13. The molecule has 2 rings (SSSR count). The number of anilines is 1. The zero-order valence-electron chi connectivity index (χ0n) is 19.8. The maximum atomic E-state index is 12.8. The van der Waals surface area contributed by atoms with Crippen molar-refractivity contribution in [2.24, 2.45) is 0 Å². The maximum Gasteiger partial charge on any atom is 0.306 e. The standard InChI is InChI=1S/C24H29NO8S/c1-29-17-13-21(31-3)18(22(14-17)32-4)10-11-34(28)15-16-6-7-20(30-2)19(12-16)25-23(26)8-9-24(27)33-5/h6-7,10-14H,8-9,15H2,1-5H3,(H,25,26)/b11-10+. The number of esters is 1. The third-order valence-corrected chi connectivity index (χ3v) is 5.83. The number of benzene rings is 2. The van der Waals surface area contributed by atoms with E-state index in [4.69, 9.17) is 18.9 Å². The van der Waals surface area contributed by atoms with Gasteiger partial charge in [0.15, 0.2) is 0 Å². The molecule has 0 radical (unpaired) electrons. The quantitative estimate of drug-likeness (QED) is 0.449. The second kappa shape index (κ2) is 13.2. The van der Waals surface area contributed by atoms with Crippen molar-refractivity contribution >= 4 is 34.4 Å². The van der Waals surface area contributed by atoms with Crippen LogP contribution in [0.5, 0.6) is 23.0 Å². The highest BCUT2D eigenvalue weighted by atomic mass is 32.2. The Kier molecular flexibility index (Phi) is 10.4. The number of hydrogen-bond donors (Lipinski definition) is 1. The van der Waals surface area contributed by atoms with Crippen LogP contribution in [0.1, 0.15) is 24.0 Å². The van der Waals surface area contributed by atoms with E-state index in [9.17, 15) is 13.8 Å². The first kappa shape index (κ1) is 26.7. The van der Waals surface area contributed by atoms with E-state index in [1.54, 1.807) is 48.9 Å². The third-order valence-electron chi connectivity index (χ3n) is 4.77. The molecule has 1 amide bonds. The Balaban J connectivity index is 2.16. The fourth-order valence-electron chi connectivity index (χ4n) is 3.03. The Bertz CT molecular complexity index is 1040. The van der Waals surface area contributed by atoms with Crippen molar-refractivity contribution in [1.82, 2.24) is 0 Å². The van der Waals surface area contributed by atoms with E-state index < -0.39 is 16.8 Å². The molecule has 1 unspecified atom stereocenters. The predicted molar refractivity (Wildman–Crippen MR) is 130 cm³/mol. The minimum Gasteiger partial charge on any atom is -0.496 e. The van der Waals surface area contributed by atoms with Crippen LogP contribution >= 0.6 is 0 Å². The van der Waals surface area contributed by atoms with Gasteiger partial charge in [0.2, 0.25) is 5.91 Å².